The van der Waals surface area contributed by atoms with Gasteiger partial charge >= 0.3 is 0 Å². The summed E-state index contributed by atoms with van der Waals surface area (Å²) in [6.07, 6.45) is 2.35. The normalized spacial score (nSPS) is 23.9. The molecule has 1 aliphatic rings. The van der Waals surface area contributed by atoms with Crippen molar-refractivity contribution < 1.29 is 19.0 Å². The van der Waals surface area contributed by atoms with E-state index in [9.17, 15) is 14.3 Å². The number of rotatable bonds is 4. The molecule has 1 aromatic rings. The summed E-state index contributed by atoms with van der Waals surface area (Å²) in [5, 5.41) is 12.6. The molecule has 3 atom stereocenters. The van der Waals surface area contributed by atoms with Crippen LogP contribution in [0.25, 0.3) is 0 Å². The van der Waals surface area contributed by atoms with Gasteiger partial charge < -0.3 is 15.2 Å². The summed E-state index contributed by atoms with van der Waals surface area (Å²) in [7, 11) is 0. The third kappa shape index (κ3) is 3.93. The van der Waals surface area contributed by atoms with Crippen LogP contribution in [-0.2, 0) is 4.79 Å². The van der Waals surface area contributed by atoms with E-state index in [1.54, 1.807) is 6.92 Å². The smallest absolute Gasteiger partial charge is 0.261 e. The van der Waals surface area contributed by atoms with Gasteiger partial charge in [0.15, 0.2) is 6.10 Å². The van der Waals surface area contributed by atoms with Gasteiger partial charge in [-0.25, -0.2) is 4.39 Å². The molecule has 110 valence electrons. The van der Waals surface area contributed by atoms with Crippen LogP contribution in [0.5, 0.6) is 5.75 Å². The van der Waals surface area contributed by atoms with Gasteiger partial charge in [-0.05, 0) is 44.0 Å². The second kappa shape index (κ2) is 6.70. The van der Waals surface area contributed by atoms with Crippen LogP contribution in [-0.4, -0.2) is 29.3 Å². The highest BCUT2D eigenvalue weighted by molar-refractivity contribution is 5.81. The molecule has 4 nitrogen and oxygen atoms in total. The average molecular weight is 281 g/mol. The van der Waals surface area contributed by atoms with Gasteiger partial charge in [0.1, 0.15) is 11.6 Å². The number of aliphatic hydroxyl groups excluding tert-OH is 1. The van der Waals surface area contributed by atoms with Crippen molar-refractivity contribution >= 4 is 5.91 Å². The van der Waals surface area contributed by atoms with Crippen molar-refractivity contribution in [3.63, 3.8) is 0 Å². The molecule has 0 bridgehead atoms. The lowest BCUT2D eigenvalue weighted by Gasteiger charge is -2.29. The Hall–Kier alpha value is -1.62. The lowest BCUT2D eigenvalue weighted by atomic mass is 9.92. The van der Waals surface area contributed by atoms with E-state index in [0.29, 0.717) is 5.75 Å². The van der Waals surface area contributed by atoms with Crippen molar-refractivity contribution in [1.29, 1.82) is 0 Å². The molecule has 1 saturated carbocycles. The fraction of sp³-hybridized carbons (Fsp3) is 0.533. The highest BCUT2D eigenvalue weighted by Gasteiger charge is 2.26. The Labute approximate surface area is 117 Å². The molecule has 0 radical (unpaired) electrons. The zero-order valence-electron chi connectivity index (χ0n) is 11.5. The van der Waals surface area contributed by atoms with Gasteiger partial charge in [0, 0.05) is 0 Å². The van der Waals surface area contributed by atoms with Gasteiger partial charge in [0.2, 0.25) is 0 Å². The minimum absolute atomic E-state index is 0.199. The first-order chi connectivity index (χ1) is 9.56. The van der Waals surface area contributed by atoms with Crippen LogP contribution in [0.1, 0.15) is 32.6 Å². The standard InChI is InChI=1S/C15H20FNO3/c1-10(20-12-8-6-11(16)7-9-12)15(19)17-13-4-2-3-5-14(13)18/h6-10,13-14,18H,2-5H2,1H3,(H,17,19)/t10?,13-,14-/m1/s1. The van der Waals surface area contributed by atoms with Crippen molar-refractivity contribution in [2.45, 2.75) is 50.9 Å². The van der Waals surface area contributed by atoms with E-state index >= 15 is 0 Å². The van der Waals surface area contributed by atoms with Crippen LogP contribution in [0.4, 0.5) is 4.39 Å². The Morgan fingerprint density at radius 3 is 2.65 bits per heavy atom. The highest BCUT2D eigenvalue weighted by Crippen LogP contribution is 2.19. The molecule has 0 aromatic heterocycles. The fourth-order valence-electron chi connectivity index (χ4n) is 2.35. The number of aliphatic hydroxyl groups is 1. The molecule has 1 amide bonds. The molecular formula is C15H20FNO3. The van der Waals surface area contributed by atoms with Crippen LogP contribution in [0.3, 0.4) is 0 Å². The predicted octanol–water partition coefficient (Wildman–Crippen LogP) is 2.01. The van der Waals surface area contributed by atoms with E-state index in [-0.39, 0.29) is 17.8 Å². The van der Waals surface area contributed by atoms with Gasteiger partial charge in [-0.1, -0.05) is 12.8 Å². The lowest BCUT2D eigenvalue weighted by molar-refractivity contribution is -0.129. The molecule has 0 heterocycles. The second-order valence-corrected chi connectivity index (χ2v) is 5.18. The van der Waals surface area contributed by atoms with E-state index in [2.05, 4.69) is 5.32 Å². The van der Waals surface area contributed by atoms with Gasteiger partial charge in [0.05, 0.1) is 12.1 Å². The summed E-state index contributed by atoms with van der Waals surface area (Å²) in [6.45, 7) is 1.63. The number of carbonyl (C=O) groups excluding carboxylic acids is 1. The topological polar surface area (TPSA) is 58.6 Å². The molecule has 1 unspecified atom stereocenters. The van der Waals surface area contributed by atoms with Crippen molar-refractivity contribution in [1.82, 2.24) is 5.32 Å². The summed E-state index contributed by atoms with van der Waals surface area (Å²) in [6, 6.07) is 5.33. The zero-order valence-corrected chi connectivity index (χ0v) is 11.5. The van der Waals surface area contributed by atoms with Crippen molar-refractivity contribution in [2.24, 2.45) is 0 Å². The van der Waals surface area contributed by atoms with Gasteiger partial charge in [-0.2, -0.15) is 0 Å². The molecule has 0 aliphatic heterocycles. The maximum atomic E-state index is 12.8. The predicted molar refractivity (Wildman–Crippen MR) is 72.9 cm³/mol. The molecule has 20 heavy (non-hydrogen) atoms. The molecule has 1 aliphatic carbocycles. The Morgan fingerprint density at radius 1 is 1.35 bits per heavy atom. The number of benzene rings is 1. The third-order valence-corrected chi connectivity index (χ3v) is 3.55. The number of amides is 1. The number of hydrogen-bond donors (Lipinski definition) is 2. The van der Waals surface area contributed by atoms with Crippen LogP contribution in [0.2, 0.25) is 0 Å². The number of hydrogen-bond acceptors (Lipinski definition) is 3. The molecular weight excluding hydrogens is 261 g/mol. The lowest BCUT2D eigenvalue weighted by Crippen LogP contribution is -2.49. The third-order valence-electron chi connectivity index (χ3n) is 3.55. The minimum atomic E-state index is -0.686. The van der Waals surface area contributed by atoms with E-state index in [1.165, 1.54) is 24.3 Å². The monoisotopic (exact) mass is 281 g/mol. The van der Waals surface area contributed by atoms with Crippen molar-refractivity contribution in [2.75, 3.05) is 0 Å². The van der Waals surface area contributed by atoms with Crippen LogP contribution in [0.15, 0.2) is 24.3 Å². The van der Waals surface area contributed by atoms with Crippen LogP contribution >= 0.6 is 0 Å². The van der Waals surface area contributed by atoms with E-state index < -0.39 is 12.2 Å². The fourth-order valence-corrected chi connectivity index (χ4v) is 2.35. The maximum absolute atomic E-state index is 12.8. The van der Waals surface area contributed by atoms with E-state index in [4.69, 9.17) is 4.74 Å². The summed E-state index contributed by atoms with van der Waals surface area (Å²) in [4.78, 5) is 12.0. The average Bonchev–Trinajstić information content (AvgIpc) is 2.44. The number of ether oxygens (including phenoxy) is 1. The SMILES string of the molecule is CC(Oc1ccc(F)cc1)C(=O)N[C@@H]1CCCC[C@H]1O. The Morgan fingerprint density at radius 2 is 2.00 bits per heavy atom. The molecule has 0 spiro atoms. The van der Waals surface area contributed by atoms with Crippen LogP contribution in [0, 0.1) is 5.82 Å². The molecule has 1 aromatic carbocycles. The maximum Gasteiger partial charge on any atom is 0.261 e. The molecule has 2 N–H and O–H groups in total. The number of halogens is 1. The van der Waals surface area contributed by atoms with Gasteiger partial charge in [0.25, 0.3) is 5.91 Å². The summed E-state index contributed by atoms with van der Waals surface area (Å²) in [5.74, 6) is -0.168. The van der Waals surface area contributed by atoms with Gasteiger partial charge in [-0.15, -0.1) is 0 Å². The van der Waals surface area contributed by atoms with Gasteiger partial charge in [-0.3, -0.25) is 4.79 Å². The first kappa shape index (κ1) is 14.8. The molecule has 2 rings (SSSR count). The Bertz CT molecular complexity index is 449. The second-order valence-electron chi connectivity index (χ2n) is 5.18. The number of carbonyl (C=O) groups is 1. The van der Waals surface area contributed by atoms with E-state index in [1.807, 2.05) is 0 Å². The highest BCUT2D eigenvalue weighted by atomic mass is 19.1. The molecule has 1 fully saturated rings. The summed E-state index contributed by atoms with van der Waals surface area (Å²) >= 11 is 0. The van der Waals surface area contributed by atoms with E-state index in [0.717, 1.165) is 25.7 Å². The number of nitrogens with one attached hydrogen (secondary N) is 1. The molecule has 5 heteroatoms. The van der Waals surface area contributed by atoms with Crippen molar-refractivity contribution in [3.05, 3.63) is 30.1 Å². The Balaban J connectivity index is 1.86. The minimum Gasteiger partial charge on any atom is -0.481 e. The summed E-state index contributed by atoms with van der Waals surface area (Å²) in [5.41, 5.74) is 0. The quantitative estimate of drug-likeness (QED) is 0.887. The van der Waals surface area contributed by atoms with Crippen molar-refractivity contribution in [3.8, 4) is 5.75 Å². The zero-order chi connectivity index (χ0) is 14.5. The van der Waals surface area contributed by atoms with Crippen LogP contribution < -0.4 is 10.1 Å². The molecule has 0 saturated heterocycles. The largest absolute Gasteiger partial charge is 0.481 e. The summed E-state index contributed by atoms with van der Waals surface area (Å²) < 4.78 is 18.2. The Kier molecular flexibility index (Phi) is 4.95. The first-order valence-corrected chi connectivity index (χ1v) is 6.97. The first-order valence-electron chi connectivity index (χ1n) is 6.97.